The molecule has 2 aromatic rings. The number of hydrogen-bond acceptors (Lipinski definition) is 5. The highest BCUT2D eigenvalue weighted by molar-refractivity contribution is 7.11. The fourth-order valence-electron chi connectivity index (χ4n) is 2.87. The quantitative estimate of drug-likeness (QED) is 0.943. The van der Waals surface area contributed by atoms with Crippen molar-refractivity contribution in [2.45, 2.75) is 45.4 Å². The first-order valence-electron chi connectivity index (χ1n) is 7.40. The van der Waals surface area contributed by atoms with Gasteiger partial charge in [0.15, 0.2) is 0 Å². The van der Waals surface area contributed by atoms with Gasteiger partial charge in [0.05, 0.1) is 16.9 Å². The molecule has 114 valence electrons. The molecule has 0 aromatic carbocycles. The van der Waals surface area contributed by atoms with E-state index in [4.69, 9.17) is 4.74 Å². The van der Waals surface area contributed by atoms with Crippen molar-refractivity contribution < 1.29 is 4.74 Å². The topological polar surface area (TPSA) is 52.0 Å². The molecule has 0 unspecified atom stereocenters. The molecule has 1 fully saturated rings. The zero-order valence-corrected chi connectivity index (χ0v) is 13.6. The van der Waals surface area contributed by atoms with Gasteiger partial charge in [-0.1, -0.05) is 0 Å². The van der Waals surface area contributed by atoms with Gasteiger partial charge in [0, 0.05) is 42.9 Å². The summed E-state index contributed by atoms with van der Waals surface area (Å²) in [4.78, 5) is 5.81. The van der Waals surface area contributed by atoms with Crippen LogP contribution in [0.3, 0.4) is 0 Å². The first-order valence-corrected chi connectivity index (χ1v) is 8.21. The minimum Gasteiger partial charge on any atom is -0.372 e. The van der Waals surface area contributed by atoms with E-state index < -0.39 is 0 Å². The summed E-state index contributed by atoms with van der Waals surface area (Å²) in [6.07, 6.45) is 6.30. The minimum absolute atomic E-state index is 0.0989. The molecule has 6 heteroatoms. The average Bonchev–Trinajstić information content (AvgIpc) is 3.02. The summed E-state index contributed by atoms with van der Waals surface area (Å²) in [5, 5.41) is 9.05. The number of rotatable bonds is 4. The molecule has 1 aliphatic rings. The molecule has 1 N–H and O–H groups in total. The van der Waals surface area contributed by atoms with E-state index in [2.05, 4.69) is 29.2 Å². The lowest BCUT2D eigenvalue weighted by Gasteiger charge is -2.32. The van der Waals surface area contributed by atoms with Crippen molar-refractivity contribution in [3.8, 4) is 0 Å². The van der Waals surface area contributed by atoms with Crippen LogP contribution in [0.25, 0.3) is 0 Å². The van der Waals surface area contributed by atoms with Gasteiger partial charge in [-0.3, -0.25) is 4.68 Å². The number of ether oxygens (including phenoxy) is 1. The third-order valence-electron chi connectivity index (χ3n) is 3.90. The van der Waals surface area contributed by atoms with Crippen molar-refractivity contribution in [3.63, 3.8) is 0 Å². The Balaban J connectivity index is 1.68. The molecule has 0 bridgehead atoms. The maximum absolute atomic E-state index is 5.99. The molecule has 2 aromatic heterocycles. The van der Waals surface area contributed by atoms with Gasteiger partial charge in [-0.2, -0.15) is 5.10 Å². The van der Waals surface area contributed by atoms with Crippen molar-refractivity contribution in [2.24, 2.45) is 7.05 Å². The summed E-state index contributed by atoms with van der Waals surface area (Å²) >= 11 is 1.77. The van der Waals surface area contributed by atoms with Crippen molar-refractivity contribution in [2.75, 3.05) is 6.61 Å². The fourth-order valence-corrected chi connectivity index (χ4v) is 3.76. The molecule has 2 atom stereocenters. The SMILES string of the molecule is Cc1nc(C)c(CN[C@H]2CCCO[C@@H]2c2cnn(C)c2)s1. The van der Waals surface area contributed by atoms with Crippen LogP contribution in [-0.4, -0.2) is 27.4 Å². The van der Waals surface area contributed by atoms with Gasteiger partial charge in [-0.25, -0.2) is 4.98 Å². The first kappa shape index (κ1) is 14.7. The third-order valence-corrected chi connectivity index (χ3v) is 4.97. The van der Waals surface area contributed by atoms with Crippen LogP contribution in [-0.2, 0) is 18.3 Å². The van der Waals surface area contributed by atoms with E-state index in [1.54, 1.807) is 11.3 Å². The average molecular weight is 306 g/mol. The van der Waals surface area contributed by atoms with Crippen LogP contribution < -0.4 is 5.32 Å². The highest BCUT2D eigenvalue weighted by Crippen LogP contribution is 2.28. The van der Waals surface area contributed by atoms with Crippen LogP contribution in [0.15, 0.2) is 12.4 Å². The molecular weight excluding hydrogens is 284 g/mol. The van der Waals surface area contributed by atoms with Gasteiger partial charge in [-0.05, 0) is 26.7 Å². The summed E-state index contributed by atoms with van der Waals surface area (Å²) in [6, 6.07) is 0.338. The molecule has 0 spiro atoms. The van der Waals surface area contributed by atoms with Crippen LogP contribution in [0.4, 0.5) is 0 Å². The standard InChI is InChI=1S/C15H22N4OS/c1-10-14(21-11(2)18-10)8-16-13-5-4-6-20-15(13)12-7-17-19(3)9-12/h7,9,13,15-16H,4-6,8H2,1-3H3/t13-,15+/m0/s1. The van der Waals surface area contributed by atoms with Gasteiger partial charge >= 0.3 is 0 Å². The lowest BCUT2D eigenvalue weighted by Crippen LogP contribution is -2.39. The summed E-state index contributed by atoms with van der Waals surface area (Å²) in [7, 11) is 1.94. The molecule has 1 saturated heterocycles. The highest BCUT2D eigenvalue weighted by atomic mass is 32.1. The van der Waals surface area contributed by atoms with Gasteiger partial charge in [0.1, 0.15) is 6.10 Å². The second-order valence-electron chi connectivity index (χ2n) is 5.61. The molecule has 0 radical (unpaired) electrons. The zero-order chi connectivity index (χ0) is 14.8. The van der Waals surface area contributed by atoms with Gasteiger partial charge in [0.25, 0.3) is 0 Å². The summed E-state index contributed by atoms with van der Waals surface area (Å²) < 4.78 is 7.82. The van der Waals surface area contributed by atoms with E-state index in [1.807, 2.05) is 24.1 Å². The van der Waals surface area contributed by atoms with E-state index in [0.717, 1.165) is 42.3 Å². The maximum atomic E-state index is 5.99. The summed E-state index contributed by atoms with van der Waals surface area (Å²) in [5.74, 6) is 0. The van der Waals surface area contributed by atoms with Gasteiger partial charge < -0.3 is 10.1 Å². The van der Waals surface area contributed by atoms with Crippen molar-refractivity contribution >= 4 is 11.3 Å². The predicted molar refractivity (Wildman–Crippen MR) is 83.4 cm³/mol. The maximum Gasteiger partial charge on any atom is 0.101 e. The van der Waals surface area contributed by atoms with Crippen molar-refractivity contribution in [1.82, 2.24) is 20.1 Å². The highest BCUT2D eigenvalue weighted by Gasteiger charge is 2.28. The number of nitrogens with zero attached hydrogens (tertiary/aromatic N) is 3. The van der Waals surface area contributed by atoms with E-state index in [0.29, 0.717) is 6.04 Å². The van der Waals surface area contributed by atoms with Crippen LogP contribution in [0, 0.1) is 13.8 Å². The molecule has 3 rings (SSSR count). The number of aryl methyl sites for hydroxylation is 3. The Bertz CT molecular complexity index is 607. The lowest BCUT2D eigenvalue weighted by molar-refractivity contribution is -0.0111. The van der Waals surface area contributed by atoms with Crippen LogP contribution in [0.2, 0.25) is 0 Å². The summed E-state index contributed by atoms with van der Waals surface area (Å²) in [6.45, 7) is 5.83. The Morgan fingerprint density at radius 2 is 2.33 bits per heavy atom. The second kappa shape index (κ2) is 6.25. The molecule has 1 aliphatic heterocycles. The van der Waals surface area contributed by atoms with Crippen molar-refractivity contribution in [3.05, 3.63) is 33.5 Å². The third kappa shape index (κ3) is 3.33. The van der Waals surface area contributed by atoms with E-state index in [9.17, 15) is 0 Å². The lowest BCUT2D eigenvalue weighted by atomic mass is 9.98. The molecule has 5 nitrogen and oxygen atoms in total. The van der Waals surface area contributed by atoms with Crippen molar-refractivity contribution in [1.29, 1.82) is 0 Å². The predicted octanol–water partition coefficient (Wildman–Crippen LogP) is 2.50. The normalized spacial score (nSPS) is 22.6. The minimum atomic E-state index is 0.0989. The van der Waals surface area contributed by atoms with Crippen LogP contribution in [0.5, 0.6) is 0 Å². The van der Waals surface area contributed by atoms with Crippen LogP contribution in [0.1, 0.15) is 40.1 Å². The zero-order valence-electron chi connectivity index (χ0n) is 12.8. The molecule has 0 saturated carbocycles. The van der Waals surface area contributed by atoms with E-state index in [-0.39, 0.29) is 6.10 Å². The number of aromatic nitrogens is 3. The Hall–Kier alpha value is -1.24. The molecular formula is C15H22N4OS. The Morgan fingerprint density at radius 1 is 1.48 bits per heavy atom. The van der Waals surface area contributed by atoms with Gasteiger partial charge in [0.2, 0.25) is 0 Å². The van der Waals surface area contributed by atoms with E-state index in [1.165, 1.54) is 4.88 Å². The number of hydrogen-bond donors (Lipinski definition) is 1. The molecule has 0 aliphatic carbocycles. The molecule has 0 amide bonds. The molecule has 3 heterocycles. The fraction of sp³-hybridized carbons (Fsp3) is 0.600. The van der Waals surface area contributed by atoms with Gasteiger partial charge in [-0.15, -0.1) is 11.3 Å². The monoisotopic (exact) mass is 306 g/mol. The first-order chi connectivity index (χ1) is 10.1. The largest absolute Gasteiger partial charge is 0.372 e. The van der Waals surface area contributed by atoms with E-state index >= 15 is 0 Å². The van der Waals surface area contributed by atoms with Crippen LogP contribution >= 0.6 is 11.3 Å². The summed E-state index contributed by atoms with van der Waals surface area (Å²) in [5.41, 5.74) is 2.30. The Morgan fingerprint density at radius 3 is 3.00 bits per heavy atom. The number of nitrogens with one attached hydrogen (secondary N) is 1. The number of thiazole rings is 1. The smallest absolute Gasteiger partial charge is 0.101 e. The molecule has 21 heavy (non-hydrogen) atoms. The second-order valence-corrected chi connectivity index (χ2v) is 6.90. The Labute approximate surface area is 129 Å². The Kier molecular flexibility index (Phi) is 4.37.